The van der Waals surface area contributed by atoms with Crippen molar-refractivity contribution in [2.75, 3.05) is 7.11 Å². The Kier molecular flexibility index (Phi) is 3.97. The molecule has 2 aromatic carbocycles. The molecule has 0 aliphatic carbocycles. The summed E-state index contributed by atoms with van der Waals surface area (Å²) in [6.45, 7) is 0. The number of nitrogens with zero attached hydrogens (tertiary/aromatic N) is 1. The van der Waals surface area contributed by atoms with Crippen LogP contribution in [0.5, 0.6) is 0 Å². The van der Waals surface area contributed by atoms with E-state index in [0.717, 1.165) is 21.9 Å². The summed E-state index contributed by atoms with van der Waals surface area (Å²) >= 11 is 0. The first-order valence-corrected chi connectivity index (χ1v) is 6.98. The maximum Gasteiger partial charge on any atom is 0.338 e. The first-order valence-electron chi connectivity index (χ1n) is 6.98. The zero-order chi connectivity index (χ0) is 15.4. The van der Waals surface area contributed by atoms with Crippen LogP contribution in [-0.4, -0.2) is 18.1 Å². The first-order chi connectivity index (χ1) is 10.8. The van der Waals surface area contributed by atoms with E-state index >= 15 is 0 Å². The van der Waals surface area contributed by atoms with Gasteiger partial charge in [0.05, 0.1) is 12.7 Å². The Morgan fingerprint density at radius 2 is 1.73 bits per heavy atom. The number of aromatic nitrogens is 1. The molecule has 1 aromatic heterocycles. The van der Waals surface area contributed by atoms with Crippen molar-refractivity contribution in [3.8, 4) is 0 Å². The molecule has 0 spiro atoms. The topological polar surface area (TPSA) is 39.2 Å². The standard InChI is InChI=1S/C19H15NO2/c1-22-19(21)18(13-14-9-11-20-12-10-14)17-8-4-6-15-5-2-3-7-16(15)17/h2-13H,1H3/b18-13+. The highest BCUT2D eigenvalue weighted by molar-refractivity contribution is 6.24. The average molecular weight is 289 g/mol. The number of rotatable bonds is 3. The van der Waals surface area contributed by atoms with Gasteiger partial charge in [0, 0.05) is 12.4 Å². The Morgan fingerprint density at radius 3 is 2.50 bits per heavy atom. The lowest BCUT2D eigenvalue weighted by Gasteiger charge is -2.09. The molecule has 1 heterocycles. The van der Waals surface area contributed by atoms with Crippen molar-refractivity contribution in [3.63, 3.8) is 0 Å². The van der Waals surface area contributed by atoms with Crippen molar-refractivity contribution in [2.45, 2.75) is 0 Å². The van der Waals surface area contributed by atoms with Crippen molar-refractivity contribution >= 4 is 28.4 Å². The van der Waals surface area contributed by atoms with Gasteiger partial charge in [-0.05, 0) is 40.1 Å². The van der Waals surface area contributed by atoms with Gasteiger partial charge in [-0.15, -0.1) is 0 Å². The van der Waals surface area contributed by atoms with Crippen molar-refractivity contribution in [1.29, 1.82) is 0 Å². The van der Waals surface area contributed by atoms with Crippen molar-refractivity contribution in [1.82, 2.24) is 4.98 Å². The number of hydrogen-bond acceptors (Lipinski definition) is 3. The highest BCUT2D eigenvalue weighted by Crippen LogP contribution is 2.27. The Bertz CT molecular complexity index is 833. The summed E-state index contributed by atoms with van der Waals surface area (Å²) in [5.41, 5.74) is 2.30. The van der Waals surface area contributed by atoms with Crippen LogP contribution in [0.4, 0.5) is 0 Å². The van der Waals surface area contributed by atoms with Crippen molar-refractivity contribution in [3.05, 3.63) is 78.1 Å². The van der Waals surface area contributed by atoms with Crippen molar-refractivity contribution in [2.24, 2.45) is 0 Å². The number of benzene rings is 2. The summed E-state index contributed by atoms with van der Waals surface area (Å²) < 4.78 is 4.97. The Labute approximate surface area is 128 Å². The number of ether oxygens (including phenoxy) is 1. The Morgan fingerprint density at radius 1 is 1.00 bits per heavy atom. The Balaban J connectivity index is 2.21. The summed E-state index contributed by atoms with van der Waals surface area (Å²) in [7, 11) is 1.40. The van der Waals surface area contributed by atoms with E-state index in [4.69, 9.17) is 4.74 Å². The minimum absolute atomic E-state index is 0.354. The van der Waals surface area contributed by atoms with E-state index in [0.29, 0.717) is 5.57 Å². The smallest absolute Gasteiger partial charge is 0.338 e. The van der Waals surface area contributed by atoms with Crippen LogP contribution in [0.3, 0.4) is 0 Å². The molecule has 22 heavy (non-hydrogen) atoms. The molecular weight excluding hydrogens is 274 g/mol. The molecule has 0 aliphatic rings. The fourth-order valence-electron chi connectivity index (χ4n) is 2.44. The van der Waals surface area contributed by atoms with Gasteiger partial charge >= 0.3 is 5.97 Å². The predicted molar refractivity (Wildman–Crippen MR) is 88.1 cm³/mol. The second-order valence-electron chi connectivity index (χ2n) is 4.86. The molecule has 0 atom stereocenters. The van der Waals surface area contributed by atoms with Crippen LogP contribution in [0.25, 0.3) is 22.4 Å². The molecule has 108 valence electrons. The summed E-state index contributed by atoms with van der Waals surface area (Å²) in [5.74, 6) is -0.354. The van der Waals surface area contributed by atoms with Crippen LogP contribution in [0, 0.1) is 0 Å². The highest BCUT2D eigenvalue weighted by atomic mass is 16.5. The molecule has 3 heteroatoms. The summed E-state index contributed by atoms with van der Waals surface area (Å²) in [4.78, 5) is 16.2. The minimum Gasteiger partial charge on any atom is -0.465 e. The molecule has 0 radical (unpaired) electrons. The molecule has 0 amide bonds. The third kappa shape index (κ3) is 2.74. The van der Waals surface area contributed by atoms with Gasteiger partial charge in [0.2, 0.25) is 0 Å². The van der Waals surface area contributed by atoms with Crippen LogP contribution >= 0.6 is 0 Å². The third-order valence-electron chi connectivity index (χ3n) is 3.50. The zero-order valence-corrected chi connectivity index (χ0v) is 12.2. The van der Waals surface area contributed by atoms with Gasteiger partial charge in [-0.25, -0.2) is 4.79 Å². The molecule has 3 nitrogen and oxygen atoms in total. The SMILES string of the molecule is COC(=O)/C(=C/c1ccncc1)c1cccc2ccccc12. The van der Waals surface area contributed by atoms with Crippen molar-refractivity contribution < 1.29 is 9.53 Å². The number of esters is 1. The van der Waals surface area contributed by atoms with Crippen LogP contribution in [0.15, 0.2) is 67.0 Å². The largest absolute Gasteiger partial charge is 0.465 e. The van der Waals surface area contributed by atoms with E-state index in [2.05, 4.69) is 4.98 Å². The van der Waals surface area contributed by atoms with E-state index in [1.165, 1.54) is 7.11 Å². The molecule has 0 N–H and O–H groups in total. The zero-order valence-electron chi connectivity index (χ0n) is 12.2. The molecule has 0 saturated carbocycles. The first kappa shape index (κ1) is 14.0. The number of fused-ring (bicyclic) bond motifs is 1. The molecule has 0 fully saturated rings. The highest BCUT2D eigenvalue weighted by Gasteiger charge is 2.15. The van der Waals surface area contributed by atoms with Gasteiger partial charge in [-0.1, -0.05) is 42.5 Å². The minimum atomic E-state index is -0.354. The molecule has 0 unspecified atom stereocenters. The summed E-state index contributed by atoms with van der Waals surface area (Å²) in [5, 5.41) is 2.11. The second-order valence-corrected chi connectivity index (χ2v) is 4.86. The molecule has 3 rings (SSSR count). The van der Waals surface area contributed by atoms with Crippen LogP contribution < -0.4 is 0 Å². The fraction of sp³-hybridized carbons (Fsp3) is 0.0526. The number of hydrogen-bond donors (Lipinski definition) is 0. The molecule has 0 bridgehead atoms. The van der Waals surface area contributed by atoms with Crippen LogP contribution in [-0.2, 0) is 9.53 Å². The lowest BCUT2D eigenvalue weighted by molar-refractivity contribution is -0.133. The van der Waals surface area contributed by atoms with Gasteiger partial charge in [0.15, 0.2) is 0 Å². The van der Waals surface area contributed by atoms with E-state index in [9.17, 15) is 4.79 Å². The molecule has 0 aliphatic heterocycles. The van der Waals surface area contributed by atoms with E-state index in [-0.39, 0.29) is 5.97 Å². The number of carbonyl (C=O) groups excluding carboxylic acids is 1. The monoisotopic (exact) mass is 289 g/mol. The lowest BCUT2D eigenvalue weighted by Crippen LogP contribution is -2.04. The van der Waals surface area contributed by atoms with Gasteiger partial charge in [-0.3, -0.25) is 4.98 Å². The second kappa shape index (κ2) is 6.22. The molecule has 3 aromatic rings. The molecular formula is C19H15NO2. The lowest BCUT2D eigenvalue weighted by atomic mass is 9.97. The third-order valence-corrected chi connectivity index (χ3v) is 3.50. The van der Waals surface area contributed by atoms with E-state index in [1.54, 1.807) is 12.4 Å². The maximum absolute atomic E-state index is 12.3. The Hall–Kier alpha value is -2.94. The van der Waals surface area contributed by atoms with Gasteiger partial charge in [0.25, 0.3) is 0 Å². The predicted octanol–water partition coefficient (Wildman–Crippen LogP) is 3.95. The number of carbonyl (C=O) groups is 1. The fourth-order valence-corrected chi connectivity index (χ4v) is 2.44. The normalized spacial score (nSPS) is 11.4. The van der Waals surface area contributed by atoms with E-state index in [1.807, 2.05) is 60.7 Å². The summed E-state index contributed by atoms with van der Waals surface area (Å²) in [6, 6.07) is 17.6. The quantitative estimate of drug-likeness (QED) is 0.541. The maximum atomic E-state index is 12.3. The number of pyridine rings is 1. The summed E-state index contributed by atoms with van der Waals surface area (Å²) in [6.07, 6.45) is 5.23. The number of methoxy groups -OCH3 is 1. The van der Waals surface area contributed by atoms with Crippen LogP contribution in [0.2, 0.25) is 0 Å². The average Bonchev–Trinajstić information content (AvgIpc) is 2.59. The van der Waals surface area contributed by atoms with Gasteiger partial charge < -0.3 is 4.74 Å². The van der Waals surface area contributed by atoms with Gasteiger partial charge in [-0.2, -0.15) is 0 Å². The van der Waals surface area contributed by atoms with Gasteiger partial charge in [0.1, 0.15) is 0 Å². The van der Waals surface area contributed by atoms with Crippen LogP contribution in [0.1, 0.15) is 11.1 Å². The van der Waals surface area contributed by atoms with E-state index < -0.39 is 0 Å². The molecule has 0 saturated heterocycles.